The molecule has 2 amide bonds. The number of pyridine rings is 1. The van der Waals surface area contributed by atoms with Gasteiger partial charge in [0, 0.05) is 34.0 Å². The van der Waals surface area contributed by atoms with E-state index < -0.39 is 5.91 Å². The molecule has 148 valence electrons. The SMILES string of the molecule is NC(=O)/C(=C\c1c[nH]c2ncc(NC(=O)c3cccc(N)c3)cc12)c1ccccc1. The first-order valence-corrected chi connectivity index (χ1v) is 9.22. The Labute approximate surface area is 172 Å². The molecule has 4 aromatic rings. The van der Waals surface area contributed by atoms with Gasteiger partial charge in [-0.15, -0.1) is 0 Å². The number of fused-ring (bicyclic) bond motifs is 1. The van der Waals surface area contributed by atoms with Gasteiger partial charge in [-0.1, -0.05) is 36.4 Å². The molecule has 7 nitrogen and oxygen atoms in total. The zero-order valence-corrected chi connectivity index (χ0v) is 15.9. The zero-order valence-electron chi connectivity index (χ0n) is 15.9. The predicted octanol–water partition coefficient (Wildman–Crippen LogP) is 3.42. The van der Waals surface area contributed by atoms with Crippen LogP contribution in [0.5, 0.6) is 0 Å². The topological polar surface area (TPSA) is 127 Å². The Balaban J connectivity index is 1.69. The lowest BCUT2D eigenvalue weighted by Crippen LogP contribution is -2.13. The maximum absolute atomic E-state index is 12.5. The summed E-state index contributed by atoms with van der Waals surface area (Å²) in [6.07, 6.45) is 5.01. The predicted molar refractivity (Wildman–Crippen MR) is 118 cm³/mol. The average molecular weight is 397 g/mol. The third-order valence-electron chi connectivity index (χ3n) is 4.62. The number of amides is 2. The molecule has 0 aliphatic carbocycles. The molecular formula is C23H19N5O2. The molecule has 0 fully saturated rings. The molecule has 0 radical (unpaired) electrons. The fraction of sp³-hybridized carbons (Fsp3) is 0. The van der Waals surface area contributed by atoms with Gasteiger partial charge in [0.15, 0.2) is 0 Å². The molecule has 2 heterocycles. The van der Waals surface area contributed by atoms with Crippen molar-refractivity contribution in [2.24, 2.45) is 5.73 Å². The van der Waals surface area contributed by atoms with Crippen molar-refractivity contribution in [2.75, 3.05) is 11.1 Å². The Morgan fingerprint density at radius 2 is 1.77 bits per heavy atom. The van der Waals surface area contributed by atoms with E-state index in [9.17, 15) is 9.59 Å². The van der Waals surface area contributed by atoms with Crippen LogP contribution in [-0.2, 0) is 4.79 Å². The van der Waals surface area contributed by atoms with E-state index in [-0.39, 0.29) is 5.91 Å². The van der Waals surface area contributed by atoms with Gasteiger partial charge in [-0.2, -0.15) is 0 Å². The van der Waals surface area contributed by atoms with Gasteiger partial charge in [-0.05, 0) is 35.9 Å². The number of hydrogen-bond donors (Lipinski definition) is 4. The number of nitrogens with zero attached hydrogens (tertiary/aromatic N) is 1. The minimum Gasteiger partial charge on any atom is -0.399 e. The lowest BCUT2D eigenvalue weighted by Gasteiger charge is -2.06. The molecule has 0 unspecified atom stereocenters. The van der Waals surface area contributed by atoms with Crippen molar-refractivity contribution in [3.8, 4) is 0 Å². The second kappa shape index (κ2) is 7.92. The summed E-state index contributed by atoms with van der Waals surface area (Å²) >= 11 is 0. The lowest BCUT2D eigenvalue weighted by atomic mass is 10.0. The van der Waals surface area contributed by atoms with Crippen LogP contribution in [0.4, 0.5) is 11.4 Å². The molecule has 0 bridgehead atoms. The zero-order chi connectivity index (χ0) is 21.1. The highest BCUT2D eigenvalue weighted by atomic mass is 16.2. The molecule has 4 rings (SSSR count). The van der Waals surface area contributed by atoms with Crippen LogP contribution in [0.15, 0.2) is 73.1 Å². The summed E-state index contributed by atoms with van der Waals surface area (Å²) < 4.78 is 0. The number of nitrogen functional groups attached to an aromatic ring is 1. The maximum Gasteiger partial charge on any atom is 0.255 e. The van der Waals surface area contributed by atoms with Crippen LogP contribution in [0, 0.1) is 0 Å². The molecular weight excluding hydrogens is 378 g/mol. The van der Waals surface area contributed by atoms with E-state index in [2.05, 4.69) is 15.3 Å². The molecule has 0 saturated carbocycles. The number of primary amides is 1. The number of hydrogen-bond acceptors (Lipinski definition) is 4. The highest BCUT2D eigenvalue weighted by Crippen LogP contribution is 2.25. The van der Waals surface area contributed by atoms with Gasteiger partial charge in [0.05, 0.1) is 11.9 Å². The lowest BCUT2D eigenvalue weighted by molar-refractivity contribution is -0.112. The van der Waals surface area contributed by atoms with Gasteiger partial charge in [0.25, 0.3) is 5.91 Å². The summed E-state index contributed by atoms with van der Waals surface area (Å²) in [5, 5.41) is 3.56. The van der Waals surface area contributed by atoms with Gasteiger partial charge in [-0.3, -0.25) is 9.59 Å². The summed E-state index contributed by atoms with van der Waals surface area (Å²) in [7, 11) is 0. The van der Waals surface area contributed by atoms with Crippen molar-refractivity contribution in [2.45, 2.75) is 0 Å². The highest BCUT2D eigenvalue weighted by Gasteiger charge is 2.12. The van der Waals surface area contributed by atoms with E-state index in [0.717, 1.165) is 16.5 Å². The van der Waals surface area contributed by atoms with E-state index in [1.807, 2.05) is 30.3 Å². The molecule has 0 spiro atoms. The van der Waals surface area contributed by atoms with Crippen LogP contribution in [0.1, 0.15) is 21.5 Å². The molecule has 7 heteroatoms. The van der Waals surface area contributed by atoms with Crippen LogP contribution in [0.25, 0.3) is 22.7 Å². The second-order valence-corrected chi connectivity index (χ2v) is 6.73. The first kappa shape index (κ1) is 18.9. The Morgan fingerprint density at radius 3 is 2.50 bits per heavy atom. The fourth-order valence-electron chi connectivity index (χ4n) is 3.16. The molecule has 6 N–H and O–H groups in total. The molecule has 0 aliphatic heterocycles. The maximum atomic E-state index is 12.5. The smallest absolute Gasteiger partial charge is 0.255 e. The van der Waals surface area contributed by atoms with Crippen LogP contribution >= 0.6 is 0 Å². The fourth-order valence-corrected chi connectivity index (χ4v) is 3.16. The Morgan fingerprint density at radius 1 is 1.00 bits per heavy atom. The minimum absolute atomic E-state index is 0.293. The van der Waals surface area contributed by atoms with Crippen LogP contribution in [0.2, 0.25) is 0 Å². The molecule has 30 heavy (non-hydrogen) atoms. The monoisotopic (exact) mass is 397 g/mol. The number of aromatic amines is 1. The number of benzene rings is 2. The Bertz CT molecular complexity index is 1280. The minimum atomic E-state index is -0.533. The summed E-state index contributed by atoms with van der Waals surface area (Å²) in [4.78, 5) is 31.9. The Kier molecular flexibility index (Phi) is 5.00. The van der Waals surface area contributed by atoms with Gasteiger partial charge in [0.1, 0.15) is 5.65 Å². The van der Waals surface area contributed by atoms with Crippen LogP contribution in [0.3, 0.4) is 0 Å². The first-order valence-electron chi connectivity index (χ1n) is 9.22. The number of rotatable bonds is 5. The number of nitrogens with two attached hydrogens (primary N) is 2. The number of nitrogens with one attached hydrogen (secondary N) is 2. The third kappa shape index (κ3) is 3.90. The van der Waals surface area contributed by atoms with E-state index in [1.54, 1.807) is 48.8 Å². The van der Waals surface area contributed by atoms with Crippen LogP contribution < -0.4 is 16.8 Å². The normalized spacial score (nSPS) is 11.4. The van der Waals surface area contributed by atoms with Gasteiger partial charge < -0.3 is 21.8 Å². The van der Waals surface area contributed by atoms with Crippen molar-refractivity contribution in [3.05, 3.63) is 89.7 Å². The molecule has 0 atom stereocenters. The first-order chi connectivity index (χ1) is 14.5. The standard InChI is InChI=1S/C23H19N5O2/c24-17-8-4-7-15(9-17)23(30)28-18-11-20-16(12-26-22(20)27-13-18)10-19(21(25)29)14-5-2-1-3-6-14/h1-13H,24H2,(H2,25,29)(H,26,27)(H,28,30)/b19-10-. The van der Waals surface area contributed by atoms with Crippen molar-refractivity contribution < 1.29 is 9.59 Å². The summed E-state index contributed by atoms with van der Waals surface area (Å²) in [5.74, 6) is -0.826. The van der Waals surface area contributed by atoms with E-state index in [1.165, 1.54) is 0 Å². The van der Waals surface area contributed by atoms with Crippen molar-refractivity contribution in [3.63, 3.8) is 0 Å². The molecule has 2 aromatic heterocycles. The number of aromatic nitrogens is 2. The number of H-pyrrole nitrogens is 1. The highest BCUT2D eigenvalue weighted by molar-refractivity contribution is 6.24. The number of carbonyl (C=O) groups is 2. The largest absolute Gasteiger partial charge is 0.399 e. The van der Waals surface area contributed by atoms with Gasteiger partial charge in [-0.25, -0.2) is 4.98 Å². The third-order valence-corrected chi connectivity index (χ3v) is 4.62. The summed E-state index contributed by atoms with van der Waals surface area (Å²) in [5.41, 5.74) is 15.3. The van der Waals surface area contributed by atoms with Crippen LogP contribution in [-0.4, -0.2) is 21.8 Å². The van der Waals surface area contributed by atoms with Crippen molar-refractivity contribution in [1.29, 1.82) is 0 Å². The van der Waals surface area contributed by atoms with Gasteiger partial charge >= 0.3 is 0 Å². The number of anilines is 2. The Hall–Kier alpha value is -4.39. The average Bonchev–Trinajstić information content (AvgIpc) is 3.14. The van der Waals surface area contributed by atoms with Crippen molar-refractivity contribution in [1.82, 2.24) is 9.97 Å². The molecule has 0 saturated heterocycles. The molecule has 0 aliphatic rings. The second-order valence-electron chi connectivity index (χ2n) is 6.73. The summed E-state index contributed by atoms with van der Waals surface area (Å²) in [6, 6.07) is 17.7. The summed E-state index contributed by atoms with van der Waals surface area (Å²) in [6.45, 7) is 0. The van der Waals surface area contributed by atoms with E-state index in [0.29, 0.717) is 28.2 Å². The molecule has 2 aromatic carbocycles. The van der Waals surface area contributed by atoms with E-state index in [4.69, 9.17) is 11.5 Å². The van der Waals surface area contributed by atoms with Crippen molar-refractivity contribution >= 4 is 45.9 Å². The van der Waals surface area contributed by atoms with Gasteiger partial charge in [0.2, 0.25) is 5.91 Å². The van der Waals surface area contributed by atoms with E-state index >= 15 is 0 Å². The number of carbonyl (C=O) groups excluding carboxylic acids is 2. The quantitative estimate of drug-likeness (QED) is 0.304.